The van der Waals surface area contributed by atoms with Crippen molar-refractivity contribution in [3.8, 4) is 0 Å². The summed E-state index contributed by atoms with van der Waals surface area (Å²) in [5.74, 6) is 0.803. The average Bonchev–Trinajstić information content (AvgIpc) is 2.97. The van der Waals surface area contributed by atoms with E-state index in [9.17, 15) is 4.39 Å². The molecule has 118 valence electrons. The topological polar surface area (TPSA) is 37.2 Å². The van der Waals surface area contributed by atoms with E-state index in [0.29, 0.717) is 5.69 Å². The third-order valence-electron chi connectivity index (χ3n) is 4.41. The molecule has 1 aromatic carbocycles. The van der Waals surface area contributed by atoms with Gasteiger partial charge in [0.05, 0.1) is 11.1 Å². The molecule has 6 heteroatoms. The van der Waals surface area contributed by atoms with Crippen LogP contribution in [0.2, 0.25) is 0 Å². The van der Waals surface area contributed by atoms with Gasteiger partial charge in [0.1, 0.15) is 23.6 Å². The molecule has 4 rings (SSSR count). The smallest absolute Gasteiger partial charge is 0.146 e. The normalized spacial score (nSPS) is 15.4. The molecule has 1 fully saturated rings. The molecule has 0 unspecified atom stereocenters. The fourth-order valence-corrected chi connectivity index (χ4v) is 3.18. The van der Waals surface area contributed by atoms with Crippen molar-refractivity contribution in [2.45, 2.75) is 0 Å². The molecule has 1 saturated heterocycles. The first kappa shape index (κ1) is 14.0. The second-order valence-corrected chi connectivity index (χ2v) is 5.79. The second kappa shape index (κ2) is 5.53. The molecule has 0 N–H and O–H groups in total. The summed E-state index contributed by atoms with van der Waals surface area (Å²) < 4.78 is 15.9. The minimum atomic E-state index is -0.159. The van der Waals surface area contributed by atoms with Crippen molar-refractivity contribution in [1.82, 2.24) is 14.5 Å². The highest BCUT2D eigenvalue weighted by Crippen LogP contribution is 2.26. The van der Waals surface area contributed by atoms with Crippen LogP contribution in [0.15, 0.2) is 42.9 Å². The Morgan fingerprint density at radius 2 is 1.70 bits per heavy atom. The first-order valence-electron chi connectivity index (χ1n) is 7.74. The molecule has 0 amide bonds. The van der Waals surface area contributed by atoms with E-state index < -0.39 is 0 Å². The SMILES string of the molecule is Cn1ccc2c(N3CCN(c4ccccc4F)CC3)ncnc21. The van der Waals surface area contributed by atoms with E-state index in [4.69, 9.17) is 0 Å². The number of piperazine rings is 1. The number of benzene rings is 1. The number of anilines is 2. The van der Waals surface area contributed by atoms with Gasteiger partial charge in [-0.1, -0.05) is 12.1 Å². The number of rotatable bonds is 2. The van der Waals surface area contributed by atoms with Gasteiger partial charge in [-0.15, -0.1) is 0 Å². The summed E-state index contributed by atoms with van der Waals surface area (Å²) in [4.78, 5) is 13.1. The summed E-state index contributed by atoms with van der Waals surface area (Å²) in [6.07, 6.45) is 3.61. The van der Waals surface area contributed by atoms with Gasteiger partial charge in [-0.05, 0) is 18.2 Å². The highest BCUT2D eigenvalue weighted by Gasteiger charge is 2.22. The van der Waals surface area contributed by atoms with Crippen molar-refractivity contribution >= 4 is 22.5 Å². The van der Waals surface area contributed by atoms with Gasteiger partial charge in [0.25, 0.3) is 0 Å². The number of nitrogens with zero attached hydrogens (tertiary/aromatic N) is 5. The van der Waals surface area contributed by atoms with Crippen molar-refractivity contribution < 1.29 is 4.39 Å². The number of hydrogen-bond donors (Lipinski definition) is 0. The van der Waals surface area contributed by atoms with Crippen LogP contribution < -0.4 is 9.80 Å². The first-order valence-corrected chi connectivity index (χ1v) is 7.74. The summed E-state index contributed by atoms with van der Waals surface area (Å²) in [5.41, 5.74) is 1.62. The summed E-state index contributed by atoms with van der Waals surface area (Å²) in [7, 11) is 1.98. The van der Waals surface area contributed by atoms with E-state index in [1.807, 2.05) is 36.0 Å². The highest BCUT2D eigenvalue weighted by atomic mass is 19.1. The Bertz CT molecular complexity index is 836. The van der Waals surface area contributed by atoms with Gasteiger partial charge in [-0.3, -0.25) is 0 Å². The van der Waals surface area contributed by atoms with Crippen molar-refractivity contribution in [2.24, 2.45) is 7.05 Å². The zero-order valence-corrected chi connectivity index (χ0v) is 13.0. The minimum absolute atomic E-state index is 0.159. The van der Waals surface area contributed by atoms with Crippen molar-refractivity contribution in [3.05, 3.63) is 48.7 Å². The highest BCUT2D eigenvalue weighted by molar-refractivity contribution is 5.87. The van der Waals surface area contributed by atoms with Gasteiger partial charge in [-0.2, -0.15) is 0 Å². The number of aromatic nitrogens is 3. The van der Waals surface area contributed by atoms with Crippen LogP contribution in [0.4, 0.5) is 15.9 Å². The Labute approximate surface area is 134 Å². The molecule has 23 heavy (non-hydrogen) atoms. The average molecular weight is 311 g/mol. The zero-order chi connectivity index (χ0) is 15.8. The molecule has 1 aliphatic rings. The summed E-state index contributed by atoms with van der Waals surface area (Å²) in [6, 6.07) is 9.00. The third kappa shape index (κ3) is 2.40. The van der Waals surface area contributed by atoms with Crippen LogP contribution >= 0.6 is 0 Å². The third-order valence-corrected chi connectivity index (χ3v) is 4.41. The van der Waals surface area contributed by atoms with Gasteiger partial charge < -0.3 is 14.4 Å². The number of hydrogen-bond acceptors (Lipinski definition) is 4. The van der Waals surface area contributed by atoms with Gasteiger partial charge in [0.15, 0.2) is 0 Å². The molecule has 0 atom stereocenters. The van der Waals surface area contributed by atoms with Crippen LogP contribution in [-0.4, -0.2) is 40.7 Å². The van der Waals surface area contributed by atoms with Gasteiger partial charge in [-0.25, -0.2) is 14.4 Å². The lowest BCUT2D eigenvalue weighted by Gasteiger charge is -2.37. The predicted molar refractivity (Wildman–Crippen MR) is 89.3 cm³/mol. The Hall–Kier alpha value is -2.63. The molecule has 5 nitrogen and oxygen atoms in total. The summed E-state index contributed by atoms with van der Waals surface area (Å²) in [5, 5.41) is 1.06. The molecule has 2 aromatic heterocycles. The molecule has 1 aliphatic heterocycles. The maximum absolute atomic E-state index is 13.9. The van der Waals surface area contributed by atoms with Crippen LogP contribution in [-0.2, 0) is 7.05 Å². The van der Waals surface area contributed by atoms with Gasteiger partial charge in [0.2, 0.25) is 0 Å². The molecule has 0 radical (unpaired) electrons. The van der Waals surface area contributed by atoms with E-state index in [-0.39, 0.29) is 5.82 Å². The zero-order valence-electron chi connectivity index (χ0n) is 13.0. The first-order chi connectivity index (χ1) is 11.2. The van der Waals surface area contributed by atoms with E-state index in [1.54, 1.807) is 12.4 Å². The molecule has 3 aromatic rings. The van der Waals surface area contributed by atoms with E-state index in [2.05, 4.69) is 19.8 Å². The summed E-state index contributed by atoms with van der Waals surface area (Å²) in [6.45, 7) is 3.18. The minimum Gasteiger partial charge on any atom is -0.366 e. The van der Waals surface area contributed by atoms with Crippen LogP contribution in [0.5, 0.6) is 0 Å². The molecule has 0 bridgehead atoms. The van der Waals surface area contributed by atoms with Crippen molar-refractivity contribution in [2.75, 3.05) is 36.0 Å². The largest absolute Gasteiger partial charge is 0.366 e. The molecule has 3 heterocycles. The quantitative estimate of drug-likeness (QED) is 0.728. The lowest BCUT2D eigenvalue weighted by molar-refractivity contribution is 0.596. The number of halogens is 1. The van der Waals surface area contributed by atoms with E-state index >= 15 is 0 Å². The Kier molecular flexibility index (Phi) is 3.37. The van der Waals surface area contributed by atoms with Gasteiger partial charge >= 0.3 is 0 Å². The maximum atomic E-state index is 13.9. The summed E-state index contributed by atoms with van der Waals surface area (Å²) >= 11 is 0. The molecular weight excluding hydrogens is 293 g/mol. The lowest BCUT2D eigenvalue weighted by Crippen LogP contribution is -2.47. The fraction of sp³-hybridized carbons (Fsp3) is 0.294. The van der Waals surface area contributed by atoms with Crippen LogP contribution in [0, 0.1) is 5.82 Å². The number of para-hydroxylation sites is 1. The predicted octanol–water partition coefficient (Wildman–Crippen LogP) is 2.43. The maximum Gasteiger partial charge on any atom is 0.146 e. The monoisotopic (exact) mass is 311 g/mol. The van der Waals surface area contributed by atoms with Crippen molar-refractivity contribution in [1.29, 1.82) is 0 Å². The van der Waals surface area contributed by atoms with Crippen LogP contribution in [0.3, 0.4) is 0 Å². The van der Waals surface area contributed by atoms with Crippen molar-refractivity contribution in [3.63, 3.8) is 0 Å². The lowest BCUT2D eigenvalue weighted by atomic mass is 10.2. The number of aryl methyl sites for hydroxylation is 1. The standard InChI is InChI=1S/C17H18FN5/c1-21-7-6-13-16(21)19-12-20-17(13)23-10-8-22(9-11-23)15-5-3-2-4-14(15)18/h2-7,12H,8-11H2,1H3. The van der Waals surface area contributed by atoms with E-state index in [1.165, 1.54) is 6.07 Å². The second-order valence-electron chi connectivity index (χ2n) is 5.79. The molecule has 0 aliphatic carbocycles. The van der Waals surface area contributed by atoms with Gasteiger partial charge in [0, 0.05) is 39.4 Å². The molecular formula is C17H18FN5. The Morgan fingerprint density at radius 3 is 2.48 bits per heavy atom. The number of fused-ring (bicyclic) bond motifs is 1. The Morgan fingerprint density at radius 1 is 0.957 bits per heavy atom. The molecule has 0 saturated carbocycles. The van der Waals surface area contributed by atoms with Crippen LogP contribution in [0.1, 0.15) is 0 Å². The van der Waals surface area contributed by atoms with Crippen LogP contribution in [0.25, 0.3) is 11.0 Å². The molecule has 0 spiro atoms. The fourth-order valence-electron chi connectivity index (χ4n) is 3.18. The van der Waals surface area contributed by atoms with E-state index in [0.717, 1.165) is 43.0 Å². The Balaban J connectivity index is 1.56.